The lowest BCUT2D eigenvalue weighted by Crippen LogP contribution is -2.29. The first-order chi connectivity index (χ1) is 13.2. The number of aromatic nitrogens is 2. The van der Waals surface area contributed by atoms with Gasteiger partial charge in [0.05, 0.1) is 29.5 Å². The minimum Gasteiger partial charge on any atom is -0.336 e. The summed E-state index contributed by atoms with van der Waals surface area (Å²) in [5.74, 6) is 0.499. The van der Waals surface area contributed by atoms with Crippen LogP contribution in [-0.2, 0) is 6.54 Å². The van der Waals surface area contributed by atoms with Crippen LogP contribution in [0.4, 0.5) is 0 Å². The molecule has 1 aliphatic heterocycles. The monoisotopic (exact) mass is 360 g/mol. The molecule has 0 radical (unpaired) electrons. The highest BCUT2D eigenvalue weighted by atomic mass is 16.2. The number of carbonyl (C=O) groups excluding carboxylic acids is 1. The van der Waals surface area contributed by atoms with Gasteiger partial charge in [0.2, 0.25) is 0 Å². The molecule has 0 spiro atoms. The van der Waals surface area contributed by atoms with Crippen LogP contribution in [0.2, 0.25) is 0 Å². The minimum absolute atomic E-state index is 0.00979. The second-order valence-electron chi connectivity index (χ2n) is 7.18. The average molecular weight is 360 g/mol. The fourth-order valence-electron chi connectivity index (χ4n) is 3.67. The van der Waals surface area contributed by atoms with Gasteiger partial charge in [0.25, 0.3) is 5.91 Å². The molecule has 4 rings (SSSR count). The Hall–Kier alpha value is -2.79. The molecule has 1 N–H and O–H groups in total. The molecular formula is C22H24N4O. The third kappa shape index (κ3) is 3.98. The lowest BCUT2D eigenvalue weighted by atomic mass is 9.90. The third-order valence-electron chi connectivity index (χ3n) is 5.15. The molecule has 2 aromatic carbocycles. The van der Waals surface area contributed by atoms with Crippen LogP contribution in [-0.4, -0.2) is 40.9 Å². The summed E-state index contributed by atoms with van der Waals surface area (Å²) in [6, 6.07) is 15.8. The van der Waals surface area contributed by atoms with Gasteiger partial charge < -0.3 is 10.2 Å². The van der Waals surface area contributed by atoms with E-state index in [1.54, 1.807) is 11.1 Å². The topological polar surface area (TPSA) is 58.1 Å². The van der Waals surface area contributed by atoms with Crippen molar-refractivity contribution in [1.29, 1.82) is 0 Å². The zero-order chi connectivity index (χ0) is 18.6. The summed E-state index contributed by atoms with van der Waals surface area (Å²) in [5, 5.41) is 3.44. The Bertz CT molecular complexity index is 950. The Balaban J connectivity index is 1.49. The van der Waals surface area contributed by atoms with Crippen LogP contribution in [0.3, 0.4) is 0 Å². The van der Waals surface area contributed by atoms with E-state index in [4.69, 9.17) is 0 Å². The maximum Gasteiger partial charge on any atom is 0.253 e. The van der Waals surface area contributed by atoms with E-state index in [-0.39, 0.29) is 5.91 Å². The average Bonchev–Trinajstić information content (AvgIpc) is 2.74. The molecule has 1 amide bonds. The summed E-state index contributed by atoms with van der Waals surface area (Å²) in [4.78, 5) is 23.7. The van der Waals surface area contributed by atoms with Gasteiger partial charge in [-0.3, -0.25) is 9.78 Å². The van der Waals surface area contributed by atoms with E-state index in [9.17, 15) is 4.79 Å². The van der Waals surface area contributed by atoms with Crippen molar-refractivity contribution in [3.8, 4) is 0 Å². The van der Waals surface area contributed by atoms with Crippen molar-refractivity contribution in [1.82, 2.24) is 20.2 Å². The van der Waals surface area contributed by atoms with Gasteiger partial charge in [0.15, 0.2) is 0 Å². The predicted molar refractivity (Wildman–Crippen MR) is 107 cm³/mol. The van der Waals surface area contributed by atoms with Crippen molar-refractivity contribution < 1.29 is 4.79 Å². The Morgan fingerprint density at radius 3 is 2.85 bits per heavy atom. The third-order valence-corrected chi connectivity index (χ3v) is 5.15. The quantitative estimate of drug-likeness (QED) is 0.775. The molecule has 0 bridgehead atoms. The lowest BCUT2D eigenvalue weighted by molar-refractivity contribution is 0.0783. The predicted octanol–water partition coefficient (Wildman–Crippen LogP) is 3.37. The fraction of sp³-hybridized carbons (Fsp3) is 0.318. The molecule has 1 aromatic heterocycles. The number of hydrogen-bond donors (Lipinski definition) is 1. The highest BCUT2D eigenvalue weighted by Crippen LogP contribution is 2.24. The van der Waals surface area contributed by atoms with Gasteiger partial charge in [-0.15, -0.1) is 0 Å². The highest BCUT2D eigenvalue weighted by molar-refractivity contribution is 5.94. The van der Waals surface area contributed by atoms with Gasteiger partial charge in [-0.05, 0) is 55.1 Å². The van der Waals surface area contributed by atoms with E-state index in [1.807, 2.05) is 49.5 Å². The summed E-state index contributed by atoms with van der Waals surface area (Å²) >= 11 is 0. The van der Waals surface area contributed by atoms with Crippen LogP contribution in [0, 0.1) is 0 Å². The largest absolute Gasteiger partial charge is 0.336 e. The van der Waals surface area contributed by atoms with Gasteiger partial charge in [-0.2, -0.15) is 0 Å². The number of piperidine rings is 1. The molecule has 0 saturated carbocycles. The molecule has 0 aliphatic carbocycles. The van der Waals surface area contributed by atoms with Crippen molar-refractivity contribution >= 4 is 16.9 Å². The van der Waals surface area contributed by atoms with Crippen molar-refractivity contribution in [2.24, 2.45) is 0 Å². The summed E-state index contributed by atoms with van der Waals surface area (Å²) < 4.78 is 0. The second kappa shape index (κ2) is 7.84. The first-order valence-electron chi connectivity index (χ1n) is 9.47. The molecule has 138 valence electrons. The van der Waals surface area contributed by atoms with Crippen molar-refractivity contribution in [3.05, 3.63) is 71.5 Å². The maximum absolute atomic E-state index is 12.9. The highest BCUT2D eigenvalue weighted by Gasteiger charge is 2.18. The van der Waals surface area contributed by atoms with E-state index < -0.39 is 0 Å². The summed E-state index contributed by atoms with van der Waals surface area (Å²) in [6.45, 7) is 2.51. The Labute approximate surface area is 159 Å². The van der Waals surface area contributed by atoms with Crippen LogP contribution in [0.25, 0.3) is 11.0 Å². The van der Waals surface area contributed by atoms with Gasteiger partial charge in [-0.1, -0.05) is 24.3 Å². The van der Waals surface area contributed by atoms with Gasteiger partial charge in [0.1, 0.15) is 0 Å². The maximum atomic E-state index is 12.9. The molecule has 5 nitrogen and oxygen atoms in total. The minimum atomic E-state index is 0.00979. The number of fused-ring (bicyclic) bond motifs is 1. The number of rotatable bonds is 4. The van der Waals surface area contributed by atoms with E-state index in [0.717, 1.165) is 35.4 Å². The second-order valence-corrected chi connectivity index (χ2v) is 7.18. The van der Waals surface area contributed by atoms with E-state index >= 15 is 0 Å². The van der Waals surface area contributed by atoms with Crippen molar-refractivity contribution in [2.75, 3.05) is 20.1 Å². The van der Waals surface area contributed by atoms with Crippen LogP contribution >= 0.6 is 0 Å². The van der Waals surface area contributed by atoms with Crippen LogP contribution < -0.4 is 5.32 Å². The Morgan fingerprint density at radius 2 is 2.04 bits per heavy atom. The SMILES string of the molecule is CN(Cc1cnc2ccccc2n1)C(=O)c1cccc([C@H]2CCCNC2)c1. The molecule has 5 heteroatoms. The summed E-state index contributed by atoms with van der Waals surface area (Å²) in [7, 11) is 1.81. The van der Waals surface area contributed by atoms with Crippen LogP contribution in [0.15, 0.2) is 54.7 Å². The molecule has 2 heterocycles. The molecule has 1 aliphatic rings. The van der Waals surface area contributed by atoms with Crippen molar-refractivity contribution in [2.45, 2.75) is 25.3 Å². The van der Waals surface area contributed by atoms with E-state index in [2.05, 4.69) is 21.4 Å². The smallest absolute Gasteiger partial charge is 0.253 e. The summed E-state index contributed by atoms with van der Waals surface area (Å²) in [5.41, 5.74) is 4.48. The molecular weight excluding hydrogens is 336 g/mol. The van der Waals surface area contributed by atoms with E-state index in [1.165, 1.54) is 18.4 Å². The van der Waals surface area contributed by atoms with Crippen molar-refractivity contribution in [3.63, 3.8) is 0 Å². The fourth-order valence-corrected chi connectivity index (χ4v) is 3.67. The number of hydrogen-bond acceptors (Lipinski definition) is 4. The number of benzene rings is 2. The zero-order valence-corrected chi connectivity index (χ0v) is 15.6. The molecule has 1 fully saturated rings. The van der Waals surface area contributed by atoms with Crippen LogP contribution in [0.5, 0.6) is 0 Å². The molecule has 1 saturated heterocycles. The molecule has 3 aromatic rings. The van der Waals surface area contributed by atoms with E-state index in [0.29, 0.717) is 12.5 Å². The zero-order valence-electron chi connectivity index (χ0n) is 15.6. The number of nitrogens with one attached hydrogen (secondary N) is 1. The number of carbonyl (C=O) groups is 1. The molecule has 27 heavy (non-hydrogen) atoms. The molecule has 0 unspecified atom stereocenters. The summed E-state index contributed by atoms with van der Waals surface area (Å²) in [6.07, 6.45) is 4.10. The first kappa shape index (κ1) is 17.6. The lowest BCUT2D eigenvalue weighted by Gasteiger charge is -2.24. The van der Waals surface area contributed by atoms with Gasteiger partial charge >= 0.3 is 0 Å². The standard InChI is InChI=1S/C22H24N4O/c1-26(15-19-14-24-20-9-2-3-10-21(20)25-19)22(27)17-7-4-6-16(12-17)18-8-5-11-23-13-18/h2-4,6-7,9-10,12,14,18,23H,5,8,11,13,15H2,1H3/t18-/m0/s1. The van der Waals surface area contributed by atoms with Gasteiger partial charge in [-0.25, -0.2) is 4.98 Å². The first-order valence-corrected chi connectivity index (χ1v) is 9.47. The van der Waals surface area contributed by atoms with Gasteiger partial charge in [0, 0.05) is 19.2 Å². The normalized spacial score (nSPS) is 17.0. The van der Waals surface area contributed by atoms with Crippen LogP contribution in [0.1, 0.15) is 40.4 Å². The molecule has 1 atom stereocenters. The number of amides is 1. The number of nitrogens with zero attached hydrogens (tertiary/aromatic N) is 3. The Morgan fingerprint density at radius 1 is 1.19 bits per heavy atom. The number of para-hydroxylation sites is 2. The Kier molecular flexibility index (Phi) is 5.12.